The first-order valence-corrected chi connectivity index (χ1v) is 10.1. The molecule has 1 N–H and O–H groups in total. The molecule has 0 aliphatic rings. The molecule has 0 unspecified atom stereocenters. The van der Waals surface area contributed by atoms with Crippen molar-refractivity contribution in [2.45, 2.75) is 33.8 Å². The maximum atomic E-state index is 12.4. The summed E-state index contributed by atoms with van der Waals surface area (Å²) in [5.41, 5.74) is 4.45. The normalized spacial score (nSPS) is 11.0. The lowest BCUT2D eigenvalue weighted by molar-refractivity contribution is -0.115. The van der Waals surface area contributed by atoms with Gasteiger partial charge in [-0.05, 0) is 56.7 Å². The summed E-state index contributed by atoms with van der Waals surface area (Å²) in [5.74, 6) is 1.44. The van der Waals surface area contributed by atoms with Gasteiger partial charge in [-0.15, -0.1) is 11.3 Å². The second-order valence-corrected chi connectivity index (χ2v) is 8.11. The molecular formula is C22H21N3O3S. The summed E-state index contributed by atoms with van der Waals surface area (Å²) < 4.78 is 12.0. The highest BCUT2D eigenvalue weighted by molar-refractivity contribution is 7.18. The van der Waals surface area contributed by atoms with Crippen molar-refractivity contribution in [3.05, 3.63) is 70.1 Å². The number of benzene rings is 2. The third-order valence-corrected chi connectivity index (χ3v) is 5.57. The van der Waals surface area contributed by atoms with E-state index in [1.165, 1.54) is 0 Å². The number of amides is 1. The summed E-state index contributed by atoms with van der Waals surface area (Å²) in [6.07, 6.45) is 0.296. The summed E-state index contributed by atoms with van der Waals surface area (Å²) >= 11 is 1.62. The lowest BCUT2D eigenvalue weighted by atomic mass is 10.1. The number of ether oxygens (including phenoxy) is 1. The van der Waals surface area contributed by atoms with Crippen molar-refractivity contribution in [2.24, 2.45) is 0 Å². The molecular weight excluding hydrogens is 386 g/mol. The molecule has 2 aromatic carbocycles. The molecule has 0 aliphatic heterocycles. The van der Waals surface area contributed by atoms with Crippen LogP contribution in [0.25, 0.3) is 10.2 Å². The number of carbonyl (C=O) groups excluding carboxylic acids is 1. The molecule has 0 saturated carbocycles. The van der Waals surface area contributed by atoms with Crippen molar-refractivity contribution in [3.8, 4) is 5.75 Å². The molecule has 1 amide bonds. The first-order valence-electron chi connectivity index (χ1n) is 9.28. The zero-order chi connectivity index (χ0) is 20.4. The Hall–Kier alpha value is -3.19. The van der Waals surface area contributed by atoms with E-state index < -0.39 is 0 Å². The lowest BCUT2D eigenvalue weighted by Crippen LogP contribution is -2.14. The van der Waals surface area contributed by atoms with Gasteiger partial charge in [-0.2, -0.15) is 0 Å². The molecule has 6 nitrogen and oxygen atoms in total. The van der Waals surface area contributed by atoms with Crippen LogP contribution in [0.1, 0.15) is 27.6 Å². The van der Waals surface area contributed by atoms with E-state index in [2.05, 4.69) is 15.5 Å². The Bertz CT molecular complexity index is 1140. The monoisotopic (exact) mass is 407 g/mol. The van der Waals surface area contributed by atoms with E-state index in [1.54, 1.807) is 11.3 Å². The SMILES string of the molecule is Cc1nc2ccc(NC(=O)Cc3ccc(OCc4c(C)noc4C)cc3)cc2s1. The van der Waals surface area contributed by atoms with Crippen molar-refractivity contribution in [3.63, 3.8) is 0 Å². The number of nitrogens with zero attached hydrogens (tertiary/aromatic N) is 2. The zero-order valence-corrected chi connectivity index (χ0v) is 17.3. The Morgan fingerprint density at radius 3 is 2.66 bits per heavy atom. The Labute approximate surface area is 172 Å². The number of hydrogen-bond acceptors (Lipinski definition) is 6. The zero-order valence-electron chi connectivity index (χ0n) is 16.5. The van der Waals surface area contributed by atoms with E-state index in [9.17, 15) is 4.79 Å². The quantitative estimate of drug-likeness (QED) is 0.488. The molecule has 0 spiro atoms. The number of carbonyl (C=O) groups is 1. The number of rotatable bonds is 6. The van der Waals surface area contributed by atoms with E-state index in [4.69, 9.17) is 9.26 Å². The highest BCUT2D eigenvalue weighted by atomic mass is 32.1. The minimum Gasteiger partial charge on any atom is -0.489 e. The van der Waals surface area contributed by atoms with Crippen molar-refractivity contribution < 1.29 is 14.1 Å². The first kappa shape index (κ1) is 19.1. The number of aryl methyl sites for hydroxylation is 3. The molecule has 2 heterocycles. The molecule has 148 valence electrons. The van der Waals surface area contributed by atoms with E-state index in [-0.39, 0.29) is 5.91 Å². The number of thiazole rings is 1. The maximum absolute atomic E-state index is 12.4. The smallest absolute Gasteiger partial charge is 0.228 e. The van der Waals surface area contributed by atoms with Crippen LogP contribution in [0.2, 0.25) is 0 Å². The summed E-state index contributed by atoms with van der Waals surface area (Å²) in [6.45, 7) is 6.14. The van der Waals surface area contributed by atoms with Crippen LogP contribution in [0, 0.1) is 20.8 Å². The van der Waals surface area contributed by atoms with Gasteiger partial charge in [-0.1, -0.05) is 17.3 Å². The van der Waals surface area contributed by atoms with Crippen molar-refractivity contribution in [1.82, 2.24) is 10.1 Å². The van der Waals surface area contributed by atoms with Crippen molar-refractivity contribution in [1.29, 1.82) is 0 Å². The molecule has 2 aromatic heterocycles. The molecule has 29 heavy (non-hydrogen) atoms. The van der Waals surface area contributed by atoms with Gasteiger partial charge >= 0.3 is 0 Å². The van der Waals surface area contributed by atoms with Crippen LogP contribution in [-0.4, -0.2) is 16.0 Å². The van der Waals surface area contributed by atoms with E-state index in [0.29, 0.717) is 13.0 Å². The fourth-order valence-corrected chi connectivity index (χ4v) is 3.94. The van der Waals surface area contributed by atoms with Crippen LogP contribution in [0.4, 0.5) is 5.69 Å². The van der Waals surface area contributed by atoms with Crippen LogP contribution in [0.3, 0.4) is 0 Å². The van der Waals surface area contributed by atoms with Gasteiger partial charge in [0.2, 0.25) is 5.91 Å². The minimum absolute atomic E-state index is 0.0602. The van der Waals surface area contributed by atoms with Gasteiger partial charge in [0.05, 0.1) is 32.9 Å². The Kier molecular flexibility index (Phi) is 5.31. The third-order valence-electron chi connectivity index (χ3n) is 4.63. The van der Waals surface area contributed by atoms with Crippen molar-refractivity contribution in [2.75, 3.05) is 5.32 Å². The fourth-order valence-electron chi connectivity index (χ4n) is 3.08. The fraction of sp³-hybridized carbons (Fsp3) is 0.227. The van der Waals surface area contributed by atoms with Gasteiger partial charge in [0.1, 0.15) is 18.1 Å². The first-order chi connectivity index (χ1) is 14.0. The maximum Gasteiger partial charge on any atom is 0.228 e. The summed E-state index contributed by atoms with van der Waals surface area (Å²) in [4.78, 5) is 16.8. The minimum atomic E-state index is -0.0602. The van der Waals surface area contributed by atoms with E-state index in [1.807, 2.05) is 63.2 Å². The molecule has 4 rings (SSSR count). The van der Waals surface area contributed by atoms with Crippen LogP contribution >= 0.6 is 11.3 Å². The van der Waals surface area contributed by atoms with Crippen LogP contribution in [-0.2, 0) is 17.8 Å². The van der Waals surface area contributed by atoms with Crippen LogP contribution < -0.4 is 10.1 Å². The second kappa shape index (κ2) is 8.05. The van der Waals surface area contributed by atoms with Gasteiger partial charge in [0.15, 0.2) is 0 Å². The van der Waals surface area contributed by atoms with Gasteiger partial charge in [0, 0.05) is 5.69 Å². The van der Waals surface area contributed by atoms with Gasteiger partial charge < -0.3 is 14.6 Å². The number of aromatic nitrogens is 2. The highest BCUT2D eigenvalue weighted by Crippen LogP contribution is 2.25. The molecule has 7 heteroatoms. The highest BCUT2D eigenvalue weighted by Gasteiger charge is 2.10. The average Bonchev–Trinajstić information content (AvgIpc) is 3.21. The van der Waals surface area contributed by atoms with Gasteiger partial charge in [-0.3, -0.25) is 4.79 Å². The molecule has 0 fully saturated rings. The number of hydrogen-bond donors (Lipinski definition) is 1. The number of fused-ring (bicyclic) bond motifs is 1. The average molecular weight is 407 g/mol. The molecule has 0 bridgehead atoms. The van der Waals surface area contributed by atoms with Crippen molar-refractivity contribution >= 4 is 33.1 Å². The molecule has 0 atom stereocenters. The van der Waals surface area contributed by atoms with Crippen LogP contribution in [0.15, 0.2) is 47.0 Å². The number of nitrogens with one attached hydrogen (secondary N) is 1. The molecule has 4 aromatic rings. The van der Waals surface area contributed by atoms with Gasteiger partial charge in [0.25, 0.3) is 0 Å². The predicted octanol–water partition coefficient (Wildman–Crippen LogP) is 4.97. The Morgan fingerprint density at radius 1 is 1.14 bits per heavy atom. The Morgan fingerprint density at radius 2 is 1.93 bits per heavy atom. The largest absolute Gasteiger partial charge is 0.489 e. The summed E-state index contributed by atoms with van der Waals surface area (Å²) in [7, 11) is 0. The molecule has 0 aliphatic carbocycles. The van der Waals surface area contributed by atoms with Gasteiger partial charge in [-0.25, -0.2) is 4.98 Å². The van der Waals surface area contributed by atoms with Crippen LogP contribution in [0.5, 0.6) is 5.75 Å². The predicted molar refractivity (Wildman–Crippen MR) is 113 cm³/mol. The third kappa shape index (κ3) is 4.46. The topological polar surface area (TPSA) is 77.2 Å². The number of anilines is 1. The second-order valence-electron chi connectivity index (χ2n) is 6.88. The standard InChI is InChI=1S/C22H21N3O3S/c1-13-19(14(2)28-25-13)12-27-18-7-4-16(5-8-18)10-22(26)24-17-6-9-20-21(11-17)29-15(3)23-20/h4-9,11H,10,12H2,1-3H3,(H,24,26). The summed E-state index contributed by atoms with van der Waals surface area (Å²) in [5, 5.41) is 7.89. The molecule has 0 saturated heterocycles. The van der Waals surface area contributed by atoms with E-state index >= 15 is 0 Å². The summed E-state index contributed by atoms with van der Waals surface area (Å²) in [6, 6.07) is 13.3. The molecule has 0 radical (unpaired) electrons. The Balaban J connectivity index is 1.34. The lowest BCUT2D eigenvalue weighted by Gasteiger charge is -2.08. The van der Waals surface area contributed by atoms with E-state index in [0.717, 1.165) is 49.2 Å².